The van der Waals surface area contributed by atoms with Gasteiger partial charge in [-0.05, 0) is 0 Å². The first-order chi connectivity index (χ1) is 10.6. The van der Waals surface area contributed by atoms with Gasteiger partial charge in [0, 0.05) is 23.1 Å². The third-order valence-corrected chi connectivity index (χ3v) is 3.48. The second-order valence-electron chi connectivity index (χ2n) is 4.94. The van der Waals surface area contributed by atoms with E-state index in [2.05, 4.69) is 0 Å². The molecule has 0 radical (unpaired) electrons. The Kier molecular flexibility index (Phi) is 3.62. The number of nitro groups is 1. The molecule has 5 nitrogen and oxygen atoms in total. The van der Waals surface area contributed by atoms with E-state index in [0.29, 0.717) is 10.9 Å². The molecular formula is C17H13N2O3+. The fourth-order valence-electron chi connectivity index (χ4n) is 2.38. The molecule has 0 amide bonds. The zero-order chi connectivity index (χ0) is 15.5. The van der Waals surface area contributed by atoms with Crippen molar-refractivity contribution in [3.8, 4) is 0 Å². The molecule has 0 saturated heterocycles. The summed E-state index contributed by atoms with van der Waals surface area (Å²) < 4.78 is 1.67. The van der Waals surface area contributed by atoms with Gasteiger partial charge in [0.05, 0.1) is 4.92 Å². The van der Waals surface area contributed by atoms with Crippen molar-refractivity contribution in [2.45, 2.75) is 6.54 Å². The number of non-ortho nitro benzene ring substituents is 1. The first-order valence-corrected chi connectivity index (χ1v) is 6.79. The summed E-state index contributed by atoms with van der Waals surface area (Å²) in [5.74, 6) is -0.0384. The van der Waals surface area contributed by atoms with Gasteiger partial charge in [-0.2, -0.15) is 4.57 Å². The third-order valence-electron chi connectivity index (χ3n) is 3.48. The molecule has 0 atom stereocenters. The zero-order valence-corrected chi connectivity index (χ0v) is 11.7. The van der Waals surface area contributed by atoms with Crippen molar-refractivity contribution in [3.63, 3.8) is 0 Å². The molecule has 0 aliphatic carbocycles. The Labute approximate surface area is 126 Å². The number of hydrogen-bond acceptors (Lipinski definition) is 3. The number of hydrogen-bond donors (Lipinski definition) is 0. The quantitative estimate of drug-likeness (QED) is 0.321. The molecule has 108 valence electrons. The maximum Gasteiger partial charge on any atom is 0.283 e. The highest BCUT2D eigenvalue weighted by Crippen LogP contribution is 2.23. The van der Waals surface area contributed by atoms with Crippen LogP contribution in [0.2, 0.25) is 0 Å². The smallest absolute Gasteiger partial charge is 0.283 e. The summed E-state index contributed by atoms with van der Waals surface area (Å²) in [5.41, 5.74) is 0.664. The van der Waals surface area contributed by atoms with E-state index in [4.69, 9.17) is 0 Å². The minimum atomic E-state index is -0.411. The minimum Gasteiger partial charge on any atom is -0.287 e. The highest BCUT2D eigenvalue weighted by Gasteiger charge is 2.17. The second kappa shape index (κ2) is 5.73. The van der Waals surface area contributed by atoms with Crippen molar-refractivity contribution in [1.82, 2.24) is 0 Å². The van der Waals surface area contributed by atoms with Crippen LogP contribution in [0.1, 0.15) is 10.4 Å². The van der Waals surface area contributed by atoms with Crippen LogP contribution < -0.4 is 4.57 Å². The lowest BCUT2D eigenvalue weighted by Crippen LogP contribution is -2.37. The van der Waals surface area contributed by atoms with Crippen LogP contribution in [0, 0.1) is 10.1 Å². The molecule has 0 saturated carbocycles. The van der Waals surface area contributed by atoms with Crippen LogP contribution in [0.5, 0.6) is 0 Å². The third kappa shape index (κ3) is 2.69. The van der Waals surface area contributed by atoms with E-state index in [1.165, 1.54) is 6.07 Å². The van der Waals surface area contributed by atoms with Gasteiger partial charge in [-0.3, -0.25) is 14.9 Å². The number of nitro benzene ring substituents is 1. The molecule has 5 heteroatoms. The highest BCUT2D eigenvalue weighted by molar-refractivity contribution is 5.95. The lowest BCUT2D eigenvalue weighted by atomic mass is 10.1. The second-order valence-corrected chi connectivity index (χ2v) is 4.94. The summed E-state index contributed by atoms with van der Waals surface area (Å²) in [6.45, 7) is 0.145. The van der Waals surface area contributed by atoms with Crippen molar-refractivity contribution in [3.05, 3.63) is 82.7 Å². The average molecular weight is 293 g/mol. The zero-order valence-electron chi connectivity index (χ0n) is 11.7. The molecule has 0 bridgehead atoms. The minimum absolute atomic E-state index is 0.0384. The van der Waals surface area contributed by atoms with Gasteiger partial charge >= 0.3 is 0 Å². The van der Waals surface area contributed by atoms with Crippen LogP contribution in [0.3, 0.4) is 0 Å². The number of fused-ring (bicyclic) bond motifs is 1. The van der Waals surface area contributed by atoms with Crippen molar-refractivity contribution in [2.75, 3.05) is 0 Å². The Bertz CT molecular complexity index is 860. The number of carbonyl (C=O) groups excluding carboxylic acids is 1. The number of ketones is 1. The van der Waals surface area contributed by atoms with E-state index >= 15 is 0 Å². The SMILES string of the molecule is O=C(C[n+]1ccc2cccc([N+](=O)[O-])c2c1)c1ccccc1. The molecule has 2 aromatic carbocycles. The molecule has 3 aromatic rings. The Morgan fingerprint density at radius 2 is 1.82 bits per heavy atom. The summed E-state index contributed by atoms with van der Waals surface area (Å²) in [7, 11) is 0. The molecule has 0 aliphatic rings. The van der Waals surface area contributed by atoms with Crippen LogP contribution in [-0.4, -0.2) is 10.7 Å². The summed E-state index contributed by atoms with van der Waals surface area (Å²) in [4.78, 5) is 22.9. The van der Waals surface area contributed by atoms with Crippen LogP contribution in [-0.2, 0) is 6.54 Å². The monoisotopic (exact) mass is 293 g/mol. The van der Waals surface area contributed by atoms with E-state index in [1.54, 1.807) is 41.2 Å². The molecular weight excluding hydrogens is 280 g/mol. The average Bonchev–Trinajstić information content (AvgIpc) is 2.55. The van der Waals surface area contributed by atoms with Crippen molar-refractivity contribution in [1.29, 1.82) is 0 Å². The molecule has 22 heavy (non-hydrogen) atoms. The van der Waals surface area contributed by atoms with Gasteiger partial charge in [-0.15, -0.1) is 0 Å². The molecule has 0 spiro atoms. The van der Waals surface area contributed by atoms with Gasteiger partial charge in [0.1, 0.15) is 5.39 Å². The van der Waals surface area contributed by atoms with E-state index < -0.39 is 4.92 Å². The molecule has 0 unspecified atom stereocenters. The van der Waals surface area contributed by atoms with Gasteiger partial charge < -0.3 is 0 Å². The largest absolute Gasteiger partial charge is 0.287 e. The van der Waals surface area contributed by atoms with Crippen LogP contribution >= 0.6 is 0 Å². The number of Topliss-reactive ketones (excluding diaryl/α,β-unsaturated/α-hetero) is 1. The molecule has 1 aromatic heterocycles. The van der Waals surface area contributed by atoms with Crippen molar-refractivity contribution in [2.24, 2.45) is 0 Å². The van der Waals surface area contributed by atoms with E-state index in [1.807, 2.05) is 24.3 Å². The maximum absolute atomic E-state index is 12.2. The lowest BCUT2D eigenvalue weighted by Gasteiger charge is -2.01. The van der Waals surface area contributed by atoms with Gasteiger partial charge in [0.25, 0.3) is 5.69 Å². The summed E-state index contributed by atoms with van der Waals surface area (Å²) in [5, 5.41) is 12.4. The summed E-state index contributed by atoms with van der Waals surface area (Å²) in [6.07, 6.45) is 3.40. The molecule has 0 fully saturated rings. The van der Waals surface area contributed by atoms with Crippen molar-refractivity contribution >= 4 is 22.2 Å². The Hall–Kier alpha value is -3.08. The van der Waals surface area contributed by atoms with Crippen LogP contribution in [0.25, 0.3) is 10.8 Å². The number of pyridine rings is 1. The van der Waals surface area contributed by atoms with Gasteiger partial charge in [-0.25, -0.2) is 0 Å². The topological polar surface area (TPSA) is 64.1 Å². The van der Waals surface area contributed by atoms with Crippen molar-refractivity contribution < 1.29 is 14.3 Å². The fourth-order valence-corrected chi connectivity index (χ4v) is 2.38. The summed E-state index contributed by atoms with van der Waals surface area (Å²) >= 11 is 0. The summed E-state index contributed by atoms with van der Waals surface area (Å²) in [6, 6.07) is 15.7. The van der Waals surface area contributed by atoms with Gasteiger partial charge in [0.2, 0.25) is 12.3 Å². The first-order valence-electron chi connectivity index (χ1n) is 6.79. The standard InChI is InChI=1S/C17H13N2O3/c20-17(14-5-2-1-3-6-14)12-18-10-9-13-7-4-8-16(19(21)22)15(13)11-18/h1-11H,12H2/q+1. The van der Waals surface area contributed by atoms with Crippen LogP contribution in [0.15, 0.2) is 67.0 Å². The fraction of sp³-hybridized carbons (Fsp3) is 0.0588. The highest BCUT2D eigenvalue weighted by atomic mass is 16.6. The first kappa shape index (κ1) is 13.9. The normalized spacial score (nSPS) is 10.5. The molecule has 0 aliphatic heterocycles. The number of benzene rings is 2. The van der Waals surface area contributed by atoms with E-state index in [-0.39, 0.29) is 18.0 Å². The Morgan fingerprint density at radius 1 is 1.05 bits per heavy atom. The Morgan fingerprint density at radius 3 is 2.55 bits per heavy atom. The van der Waals surface area contributed by atoms with Gasteiger partial charge in [-0.1, -0.05) is 42.5 Å². The number of aromatic nitrogens is 1. The number of nitrogens with zero attached hydrogens (tertiary/aromatic N) is 2. The Balaban J connectivity index is 1.97. The number of rotatable bonds is 4. The molecule has 0 N–H and O–H groups in total. The predicted molar refractivity (Wildman–Crippen MR) is 81.6 cm³/mol. The van der Waals surface area contributed by atoms with Gasteiger partial charge in [0.15, 0.2) is 12.4 Å². The van der Waals surface area contributed by atoms with E-state index in [9.17, 15) is 14.9 Å². The predicted octanol–water partition coefficient (Wildman–Crippen LogP) is 2.92. The maximum atomic E-state index is 12.2. The van der Waals surface area contributed by atoms with E-state index in [0.717, 1.165) is 5.39 Å². The van der Waals surface area contributed by atoms with Crippen LogP contribution in [0.4, 0.5) is 5.69 Å². The molecule has 3 rings (SSSR count). The lowest BCUT2D eigenvalue weighted by molar-refractivity contribution is -0.681. The number of carbonyl (C=O) groups is 1. The molecule has 1 heterocycles.